The first kappa shape index (κ1) is 22.4. The number of phenolic OH excluding ortho intramolecular Hbond substituents is 3. The minimum absolute atomic E-state index is 0.0159. The molecule has 2 aromatic carbocycles. The van der Waals surface area contributed by atoms with E-state index in [-0.39, 0.29) is 33.8 Å². The van der Waals surface area contributed by atoms with Crippen molar-refractivity contribution < 1.29 is 54.4 Å². The van der Waals surface area contributed by atoms with E-state index >= 15 is 0 Å². The lowest BCUT2D eigenvalue weighted by atomic mass is 9.99. The van der Waals surface area contributed by atoms with E-state index < -0.39 is 53.6 Å². The Hall–Kier alpha value is -3.84. The lowest BCUT2D eigenvalue weighted by Crippen LogP contribution is -2.61. The van der Waals surface area contributed by atoms with Crippen LogP contribution in [0.1, 0.15) is 0 Å². The summed E-state index contributed by atoms with van der Waals surface area (Å²) in [6, 6.07) is 6.94. The summed E-state index contributed by atoms with van der Waals surface area (Å²) < 4.78 is 16.0. The Bertz CT molecular complexity index is 1280. The summed E-state index contributed by atoms with van der Waals surface area (Å²) in [5.74, 6) is -3.22. The zero-order valence-corrected chi connectivity index (χ0v) is 16.5. The van der Waals surface area contributed by atoms with Crippen molar-refractivity contribution in [3.63, 3.8) is 0 Å². The number of hydrogen-bond acceptors (Lipinski definition) is 11. The van der Waals surface area contributed by atoms with Crippen LogP contribution in [0, 0.1) is 0 Å². The molecule has 1 saturated heterocycles. The lowest BCUT2D eigenvalue weighted by Gasteiger charge is -2.38. The molecule has 0 unspecified atom stereocenters. The number of carboxylic acids is 1. The van der Waals surface area contributed by atoms with Crippen LogP contribution in [0.25, 0.3) is 22.3 Å². The monoisotopic (exact) mass is 462 g/mol. The highest BCUT2D eigenvalue weighted by atomic mass is 16.7. The van der Waals surface area contributed by atoms with Gasteiger partial charge in [0.05, 0.1) is 0 Å². The van der Waals surface area contributed by atoms with Crippen LogP contribution in [-0.4, -0.2) is 72.4 Å². The third-order valence-corrected chi connectivity index (χ3v) is 5.11. The molecule has 1 fully saturated rings. The predicted molar refractivity (Wildman–Crippen MR) is 108 cm³/mol. The number of carboxylic acid groups (broad SMARTS) is 1. The van der Waals surface area contributed by atoms with Crippen LogP contribution < -0.4 is 10.2 Å². The van der Waals surface area contributed by atoms with Crippen LogP contribution in [0.15, 0.2) is 45.6 Å². The van der Waals surface area contributed by atoms with Crippen molar-refractivity contribution in [2.75, 3.05) is 0 Å². The molecule has 1 aromatic heterocycles. The highest BCUT2D eigenvalue weighted by molar-refractivity contribution is 5.86. The largest absolute Gasteiger partial charge is 0.507 e. The van der Waals surface area contributed by atoms with Crippen molar-refractivity contribution in [2.24, 2.45) is 0 Å². The van der Waals surface area contributed by atoms with Crippen molar-refractivity contribution in [3.05, 3.63) is 46.6 Å². The summed E-state index contributed by atoms with van der Waals surface area (Å²) in [5.41, 5.74) is -0.565. The number of phenols is 3. The highest BCUT2D eigenvalue weighted by Crippen LogP contribution is 2.35. The number of benzene rings is 2. The highest BCUT2D eigenvalue weighted by Gasteiger charge is 2.48. The molecule has 12 heteroatoms. The Morgan fingerprint density at radius 3 is 2.27 bits per heavy atom. The molecule has 1 aliphatic rings. The van der Waals surface area contributed by atoms with Crippen LogP contribution in [0.5, 0.6) is 23.0 Å². The van der Waals surface area contributed by atoms with Gasteiger partial charge in [0.25, 0.3) is 0 Å². The topological polar surface area (TPSA) is 207 Å². The van der Waals surface area contributed by atoms with Crippen molar-refractivity contribution >= 4 is 16.9 Å². The maximum atomic E-state index is 12.5. The molecule has 4 rings (SSSR count). The first-order chi connectivity index (χ1) is 15.6. The molecule has 2 heterocycles. The van der Waals surface area contributed by atoms with E-state index in [1.807, 2.05) is 0 Å². The van der Waals surface area contributed by atoms with Crippen LogP contribution in [-0.2, 0) is 9.53 Å². The number of fused-ring (bicyclic) bond motifs is 1. The summed E-state index contributed by atoms with van der Waals surface area (Å²) in [6.45, 7) is 0. The van der Waals surface area contributed by atoms with Gasteiger partial charge in [-0.3, -0.25) is 4.79 Å². The first-order valence-corrected chi connectivity index (χ1v) is 9.49. The van der Waals surface area contributed by atoms with Gasteiger partial charge in [0.1, 0.15) is 46.5 Å². The van der Waals surface area contributed by atoms with Gasteiger partial charge in [0.2, 0.25) is 6.29 Å². The number of hydrogen-bond donors (Lipinski definition) is 7. The van der Waals surface area contributed by atoms with E-state index in [9.17, 15) is 40.2 Å². The number of aromatic hydroxyl groups is 3. The van der Waals surface area contributed by atoms with Crippen molar-refractivity contribution in [3.8, 4) is 34.3 Å². The van der Waals surface area contributed by atoms with Gasteiger partial charge in [-0.25, -0.2) is 4.79 Å². The van der Waals surface area contributed by atoms with E-state index in [0.717, 1.165) is 24.3 Å². The van der Waals surface area contributed by atoms with E-state index in [2.05, 4.69) is 0 Å². The van der Waals surface area contributed by atoms with Gasteiger partial charge in [0.15, 0.2) is 23.0 Å². The quantitative estimate of drug-likeness (QED) is 0.253. The number of carbonyl (C=O) groups is 1. The Balaban J connectivity index is 1.72. The van der Waals surface area contributed by atoms with Gasteiger partial charge in [-0.2, -0.15) is 0 Å². The van der Waals surface area contributed by atoms with E-state index in [4.69, 9.17) is 19.0 Å². The molecule has 33 heavy (non-hydrogen) atoms. The predicted octanol–water partition coefficient (Wildman–Crippen LogP) is -0.152. The zero-order chi connectivity index (χ0) is 24.0. The second-order valence-corrected chi connectivity index (χ2v) is 7.35. The minimum Gasteiger partial charge on any atom is -0.507 e. The first-order valence-electron chi connectivity index (χ1n) is 9.49. The van der Waals surface area contributed by atoms with Crippen LogP contribution in [0.3, 0.4) is 0 Å². The SMILES string of the molecule is O=C(O)[C@@H]1O[C@@H](Oc2cc(O)c3c(=O)cc(-c4ccc(O)c(O)c4)oc3c2)[C@@H](O)[C@@H](O)[C@H]1O. The van der Waals surface area contributed by atoms with E-state index in [0.29, 0.717) is 0 Å². The van der Waals surface area contributed by atoms with Crippen LogP contribution >= 0.6 is 0 Å². The normalized spacial score (nSPS) is 25.1. The molecule has 0 amide bonds. The minimum atomic E-state index is -1.91. The number of aliphatic hydroxyl groups excluding tert-OH is 3. The third-order valence-electron chi connectivity index (χ3n) is 5.11. The Labute approximate surface area is 183 Å². The second-order valence-electron chi connectivity index (χ2n) is 7.35. The summed E-state index contributed by atoms with van der Waals surface area (Å²) in [4.78, 5) is 23.8. The van der Waals surface area contributed by atoms with Gasteiger partial charge >= 0.3 is 5.97 Å². The summed E-state index contributed by atoms with van der Waals surface area (Å²) in [7, 11) is 0. The molecule has 1 aliphatic heterocycles. The molecule has 0 saturated carbocycles. The smallest absolute Gasteiger partial charge is 0.335 e. The van der Waals surface area contributed by atoms with Gasteiger partial charge < -0.3 is 49.6 Å². The molecule has 0 bridgehead atoms. The number of rotatable bonds is 4. The van der Waals surface area contributed by atoms with Crippen molar-refractivity contribution in [1.29, 1.82) is 0 Å². The summed E-state index contributed by atoms with van der Waals surface area (Å²) >= 11 is 0. The molecule has 0 radical (unpaired) electrons. The second kappa shape index (κ2) is 8.26. The van der Waals surface area contributed by atoms with Crippen LogP contribution in [0.2, 0.25) is 0 Å². The average molecular weight is 462 g/mol. The maximum Gasteiger partial charge on any atom is 0.335 e. The summed E-state index contributed by atoms with van der Waals surface area (Å²) in [5, 5.41) is 68.2. The molecular formula is C21H18O12. The van der Waals surface area contributed by atoms with Gasteiger partial charge in [-0.05, 0) is 18.2 Å². The van der Waals surface area contributed by atoms with Gasteiger partial charge in [0, 0.05) is 23.8 Å². The lowest BCUT2D eigenvalue weighted by molar-refractivity contribution is -0.271. The summed E-state index contributed by atoms with van der Waals surface area (Å²) in [6.07, 6.45) is -9.29. The fourth-order valence-electron chi connectivity index (χ4n) is 3.41. The number of ether oxygens (including phenoxy) is 2. The van der Waals surface area contributed by atoms with Crippen molar-refractivity contribution in [2.45, 2.75) is 30.7 Å². The van der Waals surface area contributed by atoms with Gasteiger partial charge in [-0.1, -0.05) is 0 Å². The zero-order valence-electron chi connectivity index (χ0n) is 16.5. The van der Waals surface area contributed by atoms with E-state index in [1.54, 1.807) is 0 Å². The Morgan fingerprint density at radius 1 is 0.879 bits per heavy atom. The molecule has 0 aliphatic carbocycles. The Morgan fingerprint density at radius 2 is 1.61 bits per heavy atom. The fraction of sp³-hybridized carbons (Fsp3) is 0.238. The third kappa shape index (κ3) is 4.03. The molecule has 3 aromatic rings. The van der Waals surface area contributed by atoms with Crippen LogP contribution in [0.4, 0.5) is 0 Å². The molecule has 0 spiro atoms. The number of aliphatic hydroxyl groups is 3. The standard InChI is InChI=1S/C21H18O12/c22-9-2-1-7(3-10(9)23)13-6-12(25)15-11(24)4-8(5-14(15)32-13)31-21-18(28)16(26)17(27)19(33-21)20(29)30/h1-6,16-19,21-24,26-28H,(H,29,30)/t16-,17+,18-,19+,21+/m0/s1. The molecule has 174 valence electrons. The Kier molecular flexibility index (Phi) is 5.59. The molecule has 5 atom stereocenters. The van der Waals surface area contributed by atoms with Crippen molar-refractivity contribution in [1.82, 2.24) is 0 Å². The van der Waals surface area contributed by atoms with Gasteiger partial charge in [-0.15, -0.1) is 0 Å². The fourth-order valence-corrected chi connectivity index (χ4v) is 3.41. The molecule has 7 N–H and O–H groups in total. The maximum absolute atomic E-state index is 12.5. The molecular weight excluding hydrogens is 444 g/mol. The molecule has 12 nitrogen and oxygen atoms in total. The number of aliphatic carboxylic acids is 1. The average Bonchev–Trinajstić information content (AvgIpc) is 2.75. The van der Waals surface area contributed by atoms with E-state index in [1.165, 1.54) is 12.1 Å².